The standard InChI is InChI=1S/C17H25F2N/c1-12(2)10-20-11-14-5-3-4-13(14)8-15-9-16(18)6-7-17(15)19/h6-7,9,12-14,20H,3-5,8,10-11H2,1-2H3. The smallest absolute Gasteiger partial charge is 0.126 e. The third-order valence-electron chi connectivity index (χ3n) is 4.27. The van der Waals surface area contributed by atoms with Gasteiger partial charge in [0.2, 0.25) is 0 Å². The van der Waals surface area contributed by atoms with E-state index in [1.54, 1.807) is 0 Å². The lowest BCUT2D eigenvalue weighted by atomic mass is 9.89. The summed E-state index contributed by atoms with van der Waals surface area (Å²) >= 11 is 0. The lowest BCUT2D eigenvalue weighted by molar-refractivity contribution is 0.353. The van der Waals surface area contributed by atoms with E-state index in [0.29, 0.717) is 29.7 Å². The molecule has 0 aliphatic heterocycles. The summed E-state index contributed by atoms with van der Waals surface area (Å²) in [6.45, 7) is 6.42. The second kappa shape index (κ2) is 7.16. The molecule has 0 saturated heterocycles. The highest BCUT2D eigenvalue weighted by atomic mass is 19.1. The van der Waals surface area contributed by atoms with Crippen LogP contribution in [0.25, 0.3) is 0 Å². The van der Waals surface area contributed by atoms with Crippen molar-refractivity contribution >= 4 is 0 Å². The van der Waals surface area contributed by atoms with Gasteiger partial charge in [0.25, 0.3) is 0 Å². The second-order valence-corrected chi connectivity index (χ2v) is 6.44. The van der Waals surface area contributed by atoms with Gasteiger partial charge in [-0.15, -0.1) is 0 Å². The number of halogens is 2. The van der Waals surface area contributed by atoms with Crippen molar-refractivity contribution in [1.82, 2.24) is 5.32 Å². The van der Waals surface area contributed by atoms with Crippen LogP contribution in [-0.2, 0) is 6.42 Å². The molecule has 0 spiro atoms. The maximum Gasteiger partial charge on any atom is 0.126 e. The van der Waals surface area contributed by atoms with E-state index >= 15 is 0 Å². The third-order valence-corrected chi connectivity index (χ3v) is 4.27. The van der Waals surface area contributed by atoms with Gasteiger partial charge >= 0.3 is 0 Å². The van der Waals surface area contributed by atoms with Crippen LogP contribution in [0.3, 0.4) is 0 Å². The molecule has 1 aliphatic rings. The van der Waals surface area contributed by atoms with Crippen LogP contribution in [0.4, 0.5) is 8.78 Å². The van der Waals surface area contributed by atoms with Crippen molar-refractivity contribution < 1.29 is 8.78 Å². The molecule has 2 unspecified atom stereocenters. The minimum absolute atomic E-state index is 0.271. The third kappa shape index (κ3) is 4.27. The van der Waals surface area contributed by atoms with Gasteiger partial charge in [-0.3, -0.25) is 0 Å². The Balaban J connectivity index is 1.92. The summed E-state index contributed by atoms with van der Waals surface area (Å²) in [6, 6.07) is 3.78. The van der Waals surface area contributed by atoms with Gasteiger partial charge < -0.3 is 5.32 Å². The average molecular weight is 281 g/mol. The van der Waals surface area contributed by atoms with Crippen molar-refractivity contribution in [2.24, 2.45) is 17.8 Å². The van der Waals surface area contributed by atoms with Gasteiger partial charge in [-0.2, -0.15) is 0 Å². The van der Waals surface area contributed by atoms with E-state index in [4.69, 9.17) is 0 Å². The van der Waals surface area contributed by atoms with Crippen molar-refractivity contribution in [2.45, 2.75) is 39.5 Å². The van der Waals surface area contributed by atoms with Gasteiger partial charge in [-0.25, -0.2) is 8.78 Å². The molecule has 0 bridgehead atoms. The van der Waals surface area contributed by atoms with E-state index in [1.165, 1.54) is 31.0 Å². The Bertz CT molecular complexity index is 431. The molecule has 1 aromatic carbocycles. The molecular weight excluding hydrogens is 256 g/mol. The molecule has 1 aromatic rings. The van der Waals surface area contributed by atoms with Crippen LogP contribution in [0.2, 0.25) is 0 Å². The minimum atomic E-state index is -0.339. The quantitative estimate of drug-likeness (QED) is 0.825. The van der Waals surface area contributed by atoms with Crippen molar-refractivity contribution in [3.05, 3.63) is 35.4 Å². The van der Waals surface area contributed by atoms with Gasteiger partial charge in [0, 0.05) is 0 Å². The maximum atomic E-state index is 13.7. The van der Waals surface area contributed by atoms with Crippen LogP contribution in [-0.4, -0.2) is 13.1 Å². The summed E-state index contributed by atoms with van der Waals surface area (Å²) in [5.41, 5.74) is 0.533. The summed E-state index contributed by atoms with van der Waals surface area (Å²) in [4.78, 5) is 0. The Labute approximate surface area is 120 Å². The molecule has 2 atom stereocenters. The number of benzene rings is 1. The van der Waals surface area contributed by atoms with Gasteiger partial charge in [0.15, 0.2) is 0 Å². The van der Waals surface area contributed by atoms with Crippen LogP contribution in [0.15, 0.2) is 18.2 Å². The second-order valence-electron chi connectivity index (χ2n) is 6.44. The predicted molar refractivity (Wildman–Crippen MR) is 78.6 cm³/mol. The van der Waals surface area contributed by atoms with Crippen LogP contribution >= 0.6 is 0 Å². The fraction of sp³-hybridized carbons (Fsp3) is 0.647. The van der Waals surface area contributed by atoms with E-state index in [0.717, 1.165) is 19.5 Å². The van der Waals surface area contributed by atoms with Gasteiger partial charge in [0.05, 0.1) is 0 Å². The lowest BCUT2D eigenvalue weighted by Crippen LogP contribution is -2.29. The van der Waals surface area contributed by atoms with Gasteiger partial charge in [-0.05, 0) is 73.9 Å². The molecule has 2 rings (SSSR count). The molecule has 1 fully saturated rings. The van der Waals surface area contributed by atoms with Crippen LogP contribution in [0.5, 0.6) is 0 Å². The molecule has 0 radical (unpaired) electrons. The first-order valence-corrected chi connectivity index (χ1v) is 7.71. The summed E-state index contributed by atoms with van der Waals surface area (Å²) in [5, 5.41) is 3.50. The first kappa shape index (κ1) is 15.4. The molecular formula is C17H25F2N. The van der Waals surface area contributed by atoms with E-state index in [2.05, 4.69) is 19.2 Å². The topological polar surface area (TPSA) is 12.0 Å². The highest BCUT2D eigenvalue weighted by Crippen LogP contribution is 2.34. The Kier molecular flexibility index (Phi) is 5.53. The van der Waals surface area contributed by atoms with E-state index in [-0.39, 0.29) is 11.6 Å². The molecule has 112 valence electrons. The van der Waals surface area contributed by atoms with Crippen molar-refractivity contribution in [3.8, 4) is 0 Å². The molecule has 0 amide bonds. The van der Waals surface area contributed by atoms with Crippen LogP contribution in [0.1, 0.15) is 38.7 Å². The minimum Gasteiger partial charge on any atom is -0.316 e. The fourth-order valence-electron chi connectivity index (χ4n) is 3.19. The highest BCUT2D eigenvalue weighted by Gasteiger charge is 2.27. The predicted octanol–water partition coefficient (Wildman–Crippen LogP) is 4.17. The summed E-state index contributed by atoms with van der Waals surface area (Å²) in [5.74, 6) is 1.11. The van der Waals surface area contributed by atoms with Crippen molar-refractivity contribution in [3.63, 3.8) is 0 Å². The van der Waals surface area contributed by atoms with Gasteiger partial charge in [0.1, 0.15) is 11.6 Å². The Morgan fingerprint density at radius 3 is 2.70 bits per heavy atom. The SMILES string of the molecule is CC(C)CNCC1CCCC1Cc1cc(F)ccc1F. The van der Waals surface area contributed by atoms with E-state index in [9.17, 15) is 8.78 Å². The first-order chi connectivity index (χ1) is 9.56. The number of hydrogen-bond acceptors (Lipinski definition) is 1. The Morgan fingerprint density at radius 1 is 1.20 bits per heavy atom. The molecule has 1 saturated carbocycles. The molecule has 3 heteroatoms. The highest BCUT2D eigenvalue weighted by molar-refractivity contribution is 5.19. The van der Waals surface area contributed by atoms with Crippen LogP contribution in [0, 0.1) is 29.4 Å². The monoisotopic (exact) mass is 281 g/mol. The van der Waals surface area contributed by atoms with Crippen LogP contribution < -0.4 is 5.32 Å². The molecule has 0 aromatic heterocycles. The molecule has 0 heterocycles. The maximum absolute atomic E-state index is 13.7. The van der Waals surface area contributed by atoms with Gasteiger partial charge in [-0.1, -0.05) is 20.3 Å². The first-order valence-electron chi connectivity index (χ1n) is 7.71. The largest absolute Gasteiger partial charge is 0.316 e. The number of rotatable bonds is 6. The number of hydrogen-bond donors (Lipinski definition) is 1. The molecule has 1 nitrogen and oxygen atoms in total. The lowest BCUT2D eigenvalue weighted by Gasteiger charge is -2.21. The Hall–Kier alpha value is -0.960. The molecule has 20 heavy (non-hydrogen) atoms. The zero-order valence-corrected chi connectivity index (χ0v) is 12.5. The summed E-state index contributed by atoms with van der Waals surface area (Å²) in [7, 11) is 0. The summed E-state index contributed by atoms with van der Waals surface area (Å²) < 4.78 is 27.0. The van der Waals surface area contributed by atoms with Crippen molar-refractivity contribution in [2.75, 3.05) is 13.1 Å². The summed E-state index contributed by atoms with van der Waals surface area (Å²) in [6.07, 6.45) is 4.20. The fourth-order valence-corrected chi connectivity index (χ4v) is 3.19. The van der Waals surface area contributed by atoms with E-state index < -0.39 is 0 Å². The average Bonchev–Trinajstić information content (AvgIpc) is 2.81. The Morgan fingerprint density at radius 2 is 1.95 bits per heavy atom. The molecule has 1 aliphatic carbocycles. The zero-order valence-electron chi connectivity index (χ0n) is 12.5. The van der Waals surface area contributed by atoms with E-state index in [1.807, 2.05) is 0 Å². The normalized spacial score (nSPS) is 22.6. The molecule has 1 N–H and O–H groups in total. The zero-order chi connectivity index (χ0) is 14.5. The van der Waals surface area contributed by atoms with Crippen molar-refractivity contribution in [1.29, 1.82) is 0 Å². The number of nitrogens with one attached hydrogen (secondary N) is 1.